The van der Waals surface area contributed by atoms with E-state index < -0.39 is 0 Å². The molecule has 0 aromatic heterocycles. The first-order valence-corrected chi connectivity index (χ1v) is 6.81. The number of hydrogen-bond acceptors (Lipinski definition) is 2. The minimum Gasteiger partial charge on any atom is -0.313 e. The molecule has 0 aliphatic heterocycles. The summed E-state index contributed by atoms with van der Waals surface area (Å²) >= 11 is 13.7. The van der Waals surface area contributed by atoms with Crippen molar-refractivity contribution in [2.24, 2.45) is 0 Å². The minimum absolute atomic E-state index is 0.747. The molecule has 1 fully saturated rings. The number of halogens is 2. The average molecular weight is 262 g/mol. The van der Waals surface area contributed by atoms with E-state index in [2.05, 4.69) is 5.32 Å². The third-order valence-electron chi connectivity index (χ3n) is 2.26. The molecule has 2 rings (SSSR count). The fourth-order valence-electron chi connectivity index (χ4n) is 1.30. The molecule has 1 aromatic rings. The lowest BCUT2D eigenvalue weighted by Crippen LogP contribution is -2.19. The van der Waals surface area contributed by atoms with Crippen LogP contribution in [0, 0.1) is 0 Å². The van der Waals surface area contributed by atoms with Gasteiger partial charge < -0.3 is 5.32 Å². The molecule has 1 N–H and O–H groups in total. The van der Waals surface area contributed by atoms with Crippen LogP contribution in [0.25, 0.3) is 0 Å². The first-order chi connectivity index (χ1) is 7.25. The lowest BCUT2D eigenvalue weighted by atomic mass is 10.4. The van der Waals surface area contributed by atoms with E-state index in [1.807, 2.05) is 18.2 Å². The molecule has 0 amide bonds. The van der Waals surface area contributed by atoms with Gasteiger partial charge in [-0.15, -0.1) is 11.8 Å². The Morgan fingerprint density at radius 3 is 2.87 bits per heavy atom. The molecule has 0 saturated heterocycles. The SMILES string of the molecule is Clc1ccc(Cl)c(SCCNC2CC2)c1. The Morgan fingerprint density at radius 1 is 1.33 bits per heavy atom. The zero-order valence-corrected chi connectivity index (χ0v) is 10.6. The first kappa shape index (κ1) is 11.6. The van der Waals surface area contributed by atoms with Crippen LogP contribution in [-0.4, -0.2) is 18.3 Å². The second-order valence-electron chi connectivity index (χ2n) is 3.65. The third-order valence-corrected chi connectivity index (χ3v) is 4.00. The standard InChI is InChI=1S/C11H13Cl2NS/c12-8-1-4-10(13)11(7-8)15-6-5-14-9-2-3-9/h1,4,7,9,14H,2-3,5-6H2. The van der Waals surface area contributed by atoms with Gasteiger partial charge in [0.25, 0.3) is 0 Å². The van der Waals surface area contributed by atoms with E-state index in [0.29, 0.717) is 0 Å². The lowest BCUT2D eigenvalue weighted by molar-refractivity contribution is 0.726. The van der Waals surface area contributed by atoms with Crippen molar-refractivity contribution in [2.75, 3.05) is 12.3 Å². The molecule has 82 valence electrons. The zero-order valence-electron chi connectivity index (χ0n) is 8.30. The summed E-state index contributed by atoms with van der Waals surface area (Å²) in [6.45, 7) is 1.04. The van der Waals surface area contributed by atoms with Gasteiger partial charge in [0, 0.05) is 28.3 Å². The second kappa shape index (κ2) is 5.44. The molecule has 1 nitrogen and oxygen atoms in total. The molecule has 0 unspecified atom stereocenters. The second-order valence-corrected chi connectivity index (χ2v) is 5.63. The van der Waals surface area contributed by atoms with E-state index in [9.17, 15) is 0 Å². The molecule has 1 aromatic carbocycles. The monoisotopic (exact) mass is 261 g/mol. The topological polar surface area (TPSA) is 12.0 Å². The Labute approximate surface area is 105 Å². The van der Waals surface area contributed by atoms with E-state index in [0.717, 1.165) is 33.3 Å². The van der Waals surface area contributed by atoms with Crippen molar-refractivity contribution in [1.82, 2.24) is 5.32 Å². The Morgan fingerprint density at radius 2 is 2.13 bits per heavy atom. The van der Waals surface area contributed by atoms with Crippen molar-refractivity contribution in [2.45, 2.75) is 23.8 Å². The van der Waals surface area contributed by atoms with Crippen LogP contribution >= 0.6 is 35.0 Å². The molecule has 0 radical (unpaired) electrons. The van der Waals surface area contributed by atoms with Gasteiger partial charge in [0.05, 0.1) is 5.02 Å². The molecule has 15 heavy (non-hydrogen) atoms. The fourth-order valence-corrected chi connectivity index (χ4v) is 2.67. The van der Waals surface area contributed by atoms with Gasteiger partial charge in [-0.2, -0.15) is 0 Å². The smallest absolute Gasteiger partial charge is 0.0542 e. The van der Waals surface area contributed by atoms with Crippen LogP contribution < -0.4 is 5.32 Å². The fraction of sp³-hybridized carbons (Fsp3) is 0.455. The minimum atomic E-state index is 0.747. The summed E-state index contributed by atoms with van der Waals surface area (Å²) in [6, 6.07) is 6.36. The van der Waals surface area contributed by atoms with E-state index >= 15 is 0 Å². The van der Waals surface area contributed by atoms with Crippen LogP contribution in [0.3, 0.4) is 0 Å². The van der Waals surface area contributed by atoms with Crippen molar-refractivity contribution >= 4 is 35.0 Å². The van der Waals surface area contributed by atoms with Crippen molar-refractivity contribution in [3.05, 3.63) is 28.2 Å². The Kier molecular flexibility index (Phi) is 4.21. The van der Waals surface area contributed by atoms with Gasteiger partial charge in [0.1, 0.15) is 0 Å². The van der Waals surface area contributed by atoms with Crippen LogP contribution in [0.4, 0.5) is 0 Å². The third kappa shape index (κ3) is 3.87. The normalized spacial score (nSPS) is 15.6. The van der Waals surface area contributed by atoms with Gasteiger partial charge in [0.2, 0.25) is 0 Å². The van der Waals surface area contributed by atoms with Crippen LogP contribution in [0.1, 0.15) is 12.8 Å². The van der Waals surface area contributed by atoms with Gasteiger partial charge in [-0.1, -0.05) is 23.2 Å². The molecular weight excluding hydrogens is 249 g/mol. The predicted octanol–water partition coefficient (Wildman–Crippen LogP) is 3.84. The summed E-state index contributed by atoms with van der Waals surface area (Å²) in [7, 11) is 0. The number of benzene rings is 1. The molecule has 0 heterocycles. The molecule has 1 saturated carbocycles. The summed E-state index contributed by atoms with van der Waals surface area (Å²) in [5.74, 6) is 1.04. The van der Waals surface area contributed by atoms with Gasteiger partial charge in [-0.3, -0.25) is 0 Å². The van der Waals surface area contributed by atoms with Gasteiger partial charge >= 0.3 is 0 Å². The summed E-state index contributed by atoms with van der Waals surface area (Å²) in [5.41, 5.74) is 0. The molecule has 0 spiro atoms. The highest BCUT2D eigenvalue weighted by Crippen LogP contribution is 2.29. The largest absolute Gasteiger partial charge is 0.313 e. The number of thioether (sulfide) groups is 1. The van der Waals surface area contributed by atoms with Crippen molar-refractivity contribution in [3.8, 4) is 0 Å². The molecule has 0 atom stereocenters. The number of rotatable bonds is 5. The molecular formula is C11H13Cl2NS. The van der Waals surface area contributed by atoms with E-state index in [1.54, 1.807) is 11.8 Å². The molecule has 1 aliphatic carbocycles. The van der Waals surface area contributed by atoms with Gasteiger partial charge in [0.15, 0.2) is 0 Å². The number of hydrogen-bond donors (Lipinski definition) is 1. The van der Waals surface area contributed by atoms with Crippen LogP contribution in [-0.2, 0) is 0 Å². The Bertz CT molecular complexity index is 339. The Hall–Kier alpha value is 0.110. The molecule has 0 bridgehead atoms. The summed E-state index contributed by atoms with van der Waals surface area (Å²) in [5, 5.41) is 5.00. The molecule has 4 heteroatoms. The zero-order chi connectivity index (χ0) is 10.7. The maximum absolute atomic E-state index is 6.05. The quantitative estimate of drug-likeness (QED) is 0.639. The maximum atomic E-state index is 6.05. The van der Waals surface area contributed by atoms with Crippen molar-refractivity contribution in [3.63, 3.8) is 0 Å². The van der Waals surface area contributed by atoms with Gasteiger partial charge in [-0.05, 0) is 31.0 Å². The summed E-state index contributed by atoms with van der Waals surface area (Å²) < 4.78 is 0. The average Bonchev–Trinajstić information content (AvgIpc) is 3.01. The van der Waals surface area contributed by atoms with E-state index in [4.69, 9.17) is 23.2 Å². The van der Waals surface area contributed by atoms with Crippen molar-refractivity contribution < 1.29 is 0 Å². The first-order valence-electron chi connectivity index (χ1n) is 5.07. The van der Waals surface area contributed by atoms with Crippen LogP contribution in [0.2, 0.25) is 10.0 Å². The molecule has 1 aliphatic rings. The maximum Gasteiger partial charge on any atom is 0.0542 e. The summed E-state index contributed by atoms with van der Waals surface area (Å²) in [4.78, 5) is 1.07. The van der Waals surface area contributed by atoms with Crippen molar-refractivity contribution in [1.29, 1.82) is 0 Å². The summed E-state index contributed by atoms with van der Waals surface area (Å²) in [6.07, 6.45) is 2.67. The predicted molar refractivity (Wildman–Crippen MR) is 68.2 cm³/mol. The highest BCUT2D eigenvalue weighted by molar-refractivity contribution is 7.99. The number of nitrogens with one attached hydrogen (secondary N) is 1. The highest BCUT2D eigenvalue weighted by Gasteiger charge is 2.19. The van der Waals surface area contributed by atoms with E-state index in [-0.39, 0.29) is 0 Å². The lowest BCUT2D eigenvalue weighted by Gasteiger charge is -2.05. The van der Waals surface area contributed by atoms with E-state index in [1.165, 1.54) is 12.8 Å². The Balaban J connectivity index is 1.78. The van der Waals surface area contributed by atoms with Gasteiger partial charge in [-0.25, -0.2) is 0 Å². The van der Waals surface area contributed by atoms with Crippen LogP contribution in [0.15, 0.2) is 23.1 Å². The van der Waals surface area contributed by atoms with Crippen LogP contribution in [0.5, 0.6) is 0 Å². The highest BCUT2D eigenvalue weighted by atomic mass is 35.5.